The van der Waals surface area contributed by atoms with Crippen LogP contribution in [0.4, 0.5) is 0 Å². The second-order valence-corrected chi connectivity index (χ2v) is 4.85. The number of ether oxygens (including phenoxy) is 2. The van der Waals surface area contributed by atoms with Crippen molar-refractivity contribution in [3.05, 3.63) is 0 Å². The molecule has 0 spiro atoms. The summed E-state index contributed by atoms with van der Waals surface area (Å²) in [6.45, 7) is 8.19. The second kappa shape index (κ2) is 8.97. The number of hydrogen-bond acceptors (Lipinski definition) is 3. The fraction of sp³-hybridized carbons (Fsp3) is 1.00. The third-order valence-electron chi connectivity index (χ3n) is 2.90. The summed E-state index contributed by atoms with van der Waals surface area (Å²) >= 11 is 0. The SMILES string of the molecule is CC(C)NCCCCCOC1CCOCC1. The lowest BCUT2D eigenvalue weighted by Gasteiger charge is -2.22. The molecule has 1 fully saturated rings. The zero-order valence-electron chi connectivity index (χ0n) is 10.8. The molecule has 1 aliphatic heterocycles. The molecule has 3 nitrogen and oxygen atoms in total. The Morgan fingerprint density at radius 1 is 1.19 bits per heavy atom. The second-order valence-electron chi connectivity index (χ2n) is 4.85. The molecule has 0 atom stereocenters. The van der Waals surface area contributed by atoms with Crippen LogP contribution in [-0.4, -0.2) is 38.5 Å². The van der Waals surface area contributed by atoms with E-state index in [1.54, 1.807) is 0 Å². The van der Waals surface area contributed by atoms with Crippen molar-refractivity contribution in [3.63, 3.8) is 0 Å². The van der Waals surface area contributed by atoms with Crippen LogP contribution in [0.5, 0.6) is 0 Å². The molecule has 3 heteroatoms. The van der Waals surface area contributed by atoms with Crippen LogP contribution in [0.15, 0.2) is 0 Å². The van der Waals surface area contributed by atoms with Crippen molar-refractivity contribution in [2.45, 2.75) is 58.1 Å². The molecule has 1 N–H and O–H groups in total. The molecule has 96 valence electrons. The van der Waals surface area contributed by atoms with E-state index in [1.165, 1.54) is 19.3 Å². The van der Waals surface area contributed by atoms with Crippen molar-refractivity contribution in [1.29, 1.82) is 0 Å². The van der Waals surface area contributed by atoms with Crippen molar-refractivity contribution in [2.24, 2.45) is 0 Å². The highest BCUT2D eigenvalue weighted by molar-refractivity contribution is 4.62. The standard InChI is InChI=1S/C13H27NO2/c1-12(2)14-8-4-3-5-9-16-13-6-10-15-11-7-13/h12-14H,3-11H2,1-2H3. The van der Waals surface area contributed by atoms with E-state index in [4.69, 9.17) is 9.47 Å². The summed E-state index contributed by atoms with van der Waals surface area (Å²) in [5, 5.41) is 3.43. The van der Waals surface area contributed by atoms with Crippen molar-refractivity contribution >= 4 is 0 Å². The molecule has 0 aromatic heterocycles. The Hall–Kier alpha value is -0.120. The summed E-state index contributed by atoms with van der Waals surface area (Å²) in [5.41, 5.74) is 0. The maximum Gasteiger partial charge on any atom is 0.0619 e. The normalized spacial score (nSPS) is 18.2. The van der Waals surface area contributed by atoms with Gasteiger partial charge in [-0.2, -0.15) is 0 Å². The smallest absolute Gasteiger partial charge is 0.0619 e. The van der Waals surface area contributed by atoms with E-state index in [0.717, 1.165) is 39.2 Å². The maximum absolute atomic E-state index is 5.81. The van der Waals surface area contributed by atoms with Gasteiger partial charge in [-0.25, -0.2) is 0 Å². The molecule has 0 aliphatic carbocycles. The average Bonchev–Trinajstić information content (AvgIpc) is 2.29. The van der Waals surface area contributed by atoms with Crippen LogP contribution in [0.1, 0.15) is 46.0 Å². The van der Waals surface area contributed by atoms with E-state index in [0.29, 0.717) is 12.1 Å². The lowest BCUT2D eigenvalue weighted by atomic mass is 10.1. The molecule has 0 amide bonds. The van der Waals surface area contributed by atoms with Gasteiger partial charge in [-0.15, -0.1) is 0 Å². The zero-order chi connectivity index (χ0) is 11.6. The molecule has 1 aliphatic rings. The van der Waals surface area contributed by atoms with Gasteiger partial charge in [0.1, 0.15) is 0 Å². The highest BCUT2D eigenvalue weighted by Crippen LogP contribution is 2.11. The Kier molecular flexibility index (Phi) is 7.81. The molecular formula is C13H27NO2. The van der Waals surface area contributed by atoms with E-state index in [2.05, 4.69) is 19.2 Å². The van der Waals surface area contributed by atoms with Gasteiger partial charge in [0.25, 0.3) is 0 Å². The molecule has 0 unspecified atom stereocenters. The van der Waals surface area contributed by atoms with Crippen molar-refractivity contribution < 1.29 is 9.47 Å². The van der Waals surface area contributed by atoms with E-state index in [-0.39, 0.29) is 0 Å². The van der Waals surface area contributed by atoms with Gasteiger partial charge in [0.15, 0.2) is 0 Å². The summed E-state index contributed by atoms with van der Waals surface area (Å²) in [4.78, 5) is 0. The molecule has 0 aromatic rings. The van der Waals surface area contributed by atoms with Gasteiger partial charge in [-0.1, -0.05) is 13.8 Å². The van der Waals surface area contributed by atoms with Crippen LogP contribution in [0.2, 0.25) is 0 Å². The van der Waals surface area contributed by atoms with Gasteiger partial charge >= 0.3 is 0 Å². The topological polar surface area (TPSA) is 30.5 Å². The molecule has 0 aromatic carbocycles. The van der Waals surface area contributed by atoms with Gasteiger partial charge < -0.3 is 14.8 Å². The van der Waals surface area contributed by atoms with Crippen LogP contribution in [0.3, 0.4) is 0 Å². The first-order valence-electron chi connectivity index (χ1n) is 6.72. The molecular weight excluding hydrogens is 202 g/mol. The summed E-state index contributed by atoms with van der Waals surface area (Å²) < 4.78 is 11.1. The van der Waals surface area contributed by atoms with Gasteiger partial charge in [-0.3, -0.25) is 0 Å². The van der Waals surface area contributed by atoms with Crippen LogP contribution < -0.4 is 5.32 Å². The molecule has 16 heavy (non-hydrogen) atoms. The lowest BCUT2D eigenvalue weighted by Crippen LogP contribution is -2.24. The molecule has 1 heterocycles. The van der Waals surface area contributed by atoms with Crippen LogP contribution in [-0.2, 0) is 9.47 Å². The molecule has 0 bridgehead atoms. The fourth-order valence-corrected chi connectivity index (χ4v) is 1.89. The molecule has 1 rings (SSSR count). The third-order valence-corrected chi connectivity index (χ3v) is 2.90. The first-order valence-corrected chi connectivity index (χ1v) is 6.72. The van der Waals surface area contributed by atoms with Gasteiger partial charge in [0.2, 0.25) is 0 Å². The largest absolute Gasteiger partial charge is 0.381 e. The number of nitrogens with one attached hydrogen (secondary N) is 1. The summed E-state index contributed by atoms with van der Waals surface area (Å²) in [6, 6.07) is 0.610. The van der Waals surface area contributed by atoms with Crippen LogP contribution >= 0.6 is 0 Å². The lowest BCUT2D eigenvalue weighted by molar-refractivity contribution is -0.0326. The summed E-state index contributed by atoms with van der Waals surface area (Å²) in [7, 11) is 0. The Balaban J connectivity index is 1.80. The van der Waals surface area contributed by atoms with E-state index in [9.17, 15) is 0 Å². The molecule has 0 radical (unpaired) electrons. The van der Waals surface area contributed by atoms with Gasteiger partial charge in [-0.05, 0) is 38.6 Å². The number of unbranched alkanes of at least 4 members (excludes halogenated alkanes) is 2. The minimum atomic E-state index is 0.461. The van der Waals surface area contributed by atoms with Crippen molar-refractivity contribution in [3.8, 4) is 0 Å². The first kappa shape index (κ1) is 13.9. The Bertz CT molecular complexity index is 156. The van der Waals surface area contributed by atoms with E-state index < -0.39 is 0 Å². The molecule has 1 saturated heterocycles. The number of hydrogen-bond donors (Lipinski definition) is 1. The van der Waals surface area contributed by atoms with Gasteiger partial charge in [0.05, 0.1) is 6.10 Å². The summed E-state index contributed by atoms with van der Waals surface area (Å²) in [6.07, 6.45) is 6.33. The quantitative estimate of drug-likeness (QED) is 0.648. The van der Waals surface area contributed by atoms with Gasteiger partial charge in [0, 0.05) is 25.9 Å². The van der Waals surface area contributed by atoms with Crippen LogP contribution in [0, 0.1) is 0 Å². The fourth-order valence-electron chi connectivity index (χ4n) is 1.89. The van der Waals surface area contributed by atoms with Crippen molar-refractivity contribution in [1.82, 2.24) is 5.32 Å². The van der Waals surface area contributed by atoms with E-state index in [1.807, 2.05) is 0 Å². The third kappa shape index (κ3) is 7.20. The monoisotopic (exact) mass is 229 g/mol. The van der Waals surface area contributed by atoms with Crippen LogP contribution in [0.25, 0.3) is 0 Å². The molecule has 0 saturated carbocycles. The predicted molar refractivity (Wildman–Crippen MR) is 66.8 cm³/mol. The Morgan fingerprint density at radius 3 is 2.62 bits per heavy atom. The Morgan fingerprint density at radius 2 is 1.94 bits per heavy atom. The maximum atomic E-state index is 5.81. The number of rotatable bonds is 8. The first-order chi connectivity index (χ1) is 7.79. The predicted octanol–water partition coefficient (Wildman–Crippen LogP) is 2.35. The minimum absolute atomic E-state index is 0.461. The highest BCUT2D eigenvalue weighted by Gasteiger charge is 2.13. The average molecular weight is 229 g/mol. The Labute approximate surface area is 99.9 Å². The minimum Gasteiger partial charge on any atom is -0.381 e. The van der Waals surface area contributed by atoms with Crippen molar-refractivity contribution in [2.75, 3.05) is 26.4 Å². The highest BCUT2D eigenvalue weighted by atomic mass is 16.5. The zero-order valence-corrected chi connectivity index (χ0v) is 10.8. The summed E-state index contributed by atoms with van der Waals surface area (Å²) in [5.74, 6) is 0. The van der Waals surface area contributed by atoms with E-state index >= 15 is 0 Å².